The van der Waals surface area contributed by atoms with E-state index in [-0.39, 0.29) is 5.91 Å². The van der Waals surface area contributed by atoms with Gasteiger partial charge in [0, 0.05) is 23.7 Å². The Bertz CT molecular complexity index is 1300. The highest BCUT2D eigenvalue weighted by Crippen LogP contribution is 2.42. The smallest absolute Gasteiger partial charge is 0.255 e. The summed E-state index contributed by atoms with van der Waals surface area (Å²) in [5.41, 5.74) is 5.32. The minimum Gasteiger partial charge on any atom is -0.487 e. The molecule has 1 N–H and O–H groups in total. The molecule has 172 valence electrons. The summed E-state index contributed by atoms with van der Waals surface area (Å²) >= 11 is 6.33. The number of carbonyl (C=O) groups excluding carboxylic acids is 1. The minimum absolute atomic E-state index is 0.123. The van der Waals surface area contributed by atoms with Crippen LogP contribution in [0.25, 0.3) is 5.69 Å². The number of hydrogen-bond acceptors (Lipinski definition) is 4. The standard InChI is InChI=1S/C27H25ClN4O2/c1-18-5-10-22(14-25(18)28)32-26(20-8-9-20)24(16-31-32)27(33)30-15-19-6-11-23(12-7-19)34-17-21-4-2-3-13-29-21/h2-7,10-14,16,20H,8-9,15,17H2,1H3,(H,30,33). The molecule has 34 heavy (non-hydrogen) atoms. The average molecular weight is 473 g/mol. The van der Waals surface area contributed by atoms with Crippen molar-refractivity contribution in [1.82, 2.24) is 20.1 Å². The van der Waals surface area contributed by atoms with Gasteiger partial charge in [-0.2, -0.15) is 5.10 Å². The van der Waals surface area contributed by atoms with Gasteiger partial charge in [-0.15, -0.1) is 0 Å². The van der Waals surface area contributed by atoms with Crippen LogP contribution < -0.4 is 10.1 Å². The van der Waals surface area contributed by atoms with Crippen LogP contribution in [-0.2, 0) is 13.2 Å². The number of nitrogens with one attached hydrogen (secondary N) is 1. The normalized spacial score (nSPS) is 13.0. The first-order valence-electron chi connectivity index (χ1n) is 11.3. The summed E-state index contributed by atoms with van der Waals surface area (Å²) in [6.45, 7) is 2.80. The molecule has 2 aromatic carbocycles. The van der Waals surface area contributed by atoms with Crippen LogP contribution in [0.5, 0.6) is 5.75 Å². The van der Waals surface area contributed by atoms with Crippen LogP contribution in [0.15, 0.2) is 73.1 Å². The van der Waals surface area contributed by atoms with Gasteiger partial charge in [0.25, 0.3) is 5.91 Å². The highest BCUT2D eigenvalue weighted by molar-refractivity contribution is 6.31. The lowest BCUT2D eigenvalue weighted by molar-refractivity contribution is 0.0950. The number of pyridine rings is 1. The molecular weight excluding hydrogens is 448 g/mol. The van der Waals surface area contributed by atoms with Crippen LogP contribution in [0.4, 0.5) is 0 Å². The Morgan fingerprint density at radius 1 is 1.15 bits per heavy atom. The Labute approximate surface area is 203 Å². The number of rotatable bonds is 8. The number of amides is 1. The molecular formula is C27H25ClN4O2. The van der Waals surface area contributed by atoms with Gasteiger partial charge in [0.1, 0.15) is 12.4 Å². The third-order valence-corrected chi connectivity index (χ3v) is 6.31. The molecule has 0 aliphatic heterocycles. The Kier molecular flexibility index (Phi) is 6.32. The quantitative estimate of drug-likeness (QED) is 0.361. The molecule has 0 saturated heterocycles. The van der Waals surface area contributed by atoms with Crippen molar-refractivity contribution < 1.29 is 9.53 Å². The van der Waals surface area contributed by atoms with Crippen molar-refractivity contribution in [3.63, 3.8) is 0 Å². The second-order valence-corrected chi connectivity index (χ2v) is 8.91. The van der Waals surface area contributed by atoms with Crippen LogP contribution in [0.3, 0.4) is 0 Å². The third-order valence-electron chi connectivity index (χ3n) is 5.90. The number of hydrogen-bond donors (Lipinski definition) is 1. The number of ether oxygens (including phenoxy) is 1. The number of halogens is 1. The molecule has 1 aliphatic rings. The maximum absolute atomic E-state index is 13.0. The first kappa shape index (κ1) is 22.2. The molecule has 4 aromatic rings. The highest BCUT2D eigenvalue weighted by atomic mass is 35.5. The Morgan fingerprint density at radius 2 is 1.97 bits per heavy atom. The van der Waals surface area contributed by atoms with Crippen molar-refractivity contribution in [2.75, 3.05) is 0 Å². The SMILES string of the molecule is Cc1ccc(-n2ncc(C(=O)NCc3ccc(OCc4ccccn4)cc3)c2C2CC2)cc1Cl. The second-order valence-electron chi connectivity index (χ2n) is 8.50. The number of benzene rings is 2. The van der Waals surface area contributed by atoms with E-state index in [4.69, 9.17) is 16.3 Å². The molecule has 5 rings (SSSR count). The molecule has 0 atom stereocenters. The van der Waals surface area contributed by atoms with Crippen LogP contribution in [0.2, 0.25) is 5.02 Å². The summed E-state index contributed by atoms with van der Waals surface area (Å²) in [5.74, 6) is 0.982. The van der Waals surface area contributed by atoms with Gasteiger partial charge in [-0.05, 0) is 67.3 Å². The molecule has 2 aromatic heterocycles. The largest absolute Gasteiger partial charge is 0.487 e. The van der Waals surface area contributed by atoms with Crippen molar-refractivity contribution in [1.29, 1.82) is 0 Å². The molecule has 0 bridgehead atoms. The van der Waals surface area contributed by atoms with E-state index in [1.165, 1.54) is 0 Å². The maximum atomic E-state index is 13.0. The van der Waals surface area contributed by atoms with Crippen LogP contribution in [0.1, 0.15) is 51.6 Å². The molecule has 2 heterocycles. The van der Waals surface area contributed by atoms with E-state index in [2.05, 4.69) is 15.4 Å². The van der Waals surface area contributed by atoms with E-state index in [0.29, 0.717) is 29.7 Å². The summed E-state index contributed by atoms with van der Waals surface area (Å²) in [7, 11) is 0. The van der Waals surface area contributed by atoms with Crippen molar-refractivity contribution in [2.45, 2.75) is 38.8 Å². The van der Waals surface area contributed by atoms with Crippen molar-refractivity contribution >= 4 is 17.5 Å². The van der Waals surface area contributed by atoms with Crippen molar-refractivity contribution in [2.24, 2.45) is 0 Å². The van der Waals surface area contributed by atoms with Crippen molar-refractivity contribution in [3.05, 3.63) is 106 Å². The monoisotopic (exact) mass is 472 g/mol. The molecule has 1 fully saturated rings. The fourth-order valence-electron chi connectivity index (χ4n) is 3.82. The van der Waals surface area contributed by atoms with E-state index in [1.54, 1.807) is 12.4 Å². The fourth-order valence-corrected chi connectivity index (χ4v) is 4.00. The summed E-state index contributed by atoms with van der Waals surface area (Å²) in [5, 5.41) is 8.25. The minimum atomic E-state index is -0.123. The molecule has 6 nitrogen and oxygen atoms in total. The molecule has 1 amide bonds. The van der Waals surface area contributed by atoms with E-state index in [0.717, 1.165) is 46.8 Å². The summed E-state index contributed by atoms with van der Waals surface area (Å²) in [6.07, 6.45) is 5.53. The lowest BCUT2D eigenvalue weighted by Crippen LogP contribution is -2.23. The zero-order valence-electron chi connectivity index (χ0n) is 18.9. The maximum Gasteiger partial charge on any atom is 0.255 e. The van der Waals surface area contributed by atoms with Gasteiger partial charge < -0.3 is 10.1 Å². The van der Waals surface area contributed by atoms with E-state index >= 15 is 0 Å². The predicted octanol–water partition coefficient (Wildman–Crippen LogP) is 5.62. The van der Waals surface area contributed by atoms with Gasteiger partial charge in [-0.3, -0.25) is 9.78 Å². The lowest BCUT2D eigenvalue weighted by Gasteiger charge is -2.11. The zero-order valence-corrected chi connectivity index (χ0v) is 19.6. The zero-order chi connectivity index (χ0) is 23.5. The van der Waals surface area contributed by atoms with Crippen LogP contribution in [0, 0.1) is 6.92 Å². The fraction of sp³-hybridized carbons (Fsp3) is 0.222. The van der Waals surface area contributed by atoms with Gasteiger partial charge in [-0.1, -0.05) is 35.9 Å². The van der Waals surface area contributed by atoms with Gasteiger partial charge in [0.05, 0.1) is 28.8 Å². The van der Waals surface area contributed by atoms with Gasteiger partial charge in [0.15, 0.2) is 0 Å². The van der Waals surface area contributed by atoms with E-state index < -0.39 is 0 Å². The molecule has 1 saturated carbocycles. The Balaban J connectivity index is 1.24. The molecule has 0 radical (unpaired) electrons. The Hall–Kier alpha value is -3.64. The van der Waals surface area contributed by atoms with Crippen LogP contribution >= 0.6 is 11.6 Å². The Morgan fingerprint density at radius 3 is 2.68 bits per heavy atom. The van der Waals surface area contributed by atoms with Gasteiger partial charge in [-0.25, -0.2) is 4.68 Å². The van der Waals surface area contributed by atoms with Crippen molar-refractivity contribution in [3.8, 4) is 11.4 Å². The lowest BCUT2D eigenvalue weighted by atomic mass is 10.1. The third kappa shape index (κ3) is 4.97. The highest BCUT2D eigenvalue weighted by Gasteiger charge is 2.33. The topological polar surface area (TPSA) is 69.0 Å². The molecule has 1 aliphatic carbocycles. The van der Waals surface area contributed by atoms with E-state index in [1.807, 2.05) is 72.3 Å². The first-order chi connectivity index (χ1) is 16.6. The molecule has 7 heteroatoms. The summed E-state index contributed by atoms with van der Waals surface area (Å²) in [4.78, 5) is 17.3. The molecule has 0 unspecified atom stereocenters. The van der Waals surface area contributed by atoms with Crippen LogP contribution in [-0.4, -0.2) is 20.7 Å². The van der Waals surface area contributed by atoms with Gasteiger partial charge >= 0.3 is 0 Å². The number of aryl methyl sites for hydroxylation is 1. The van der Waals surface area contributed by atoms with E-state index in [9.17, 15) is 4.79 Å². The predicted molar refractivity (Wildman–Crippen MR) is 131 cm³/mol. The average Bonchev–Trinajstić information content (AvgIpc) is 3.61. The number of carbonyl (C=O) groups is 1. The molecule has 0 spiro atoms. The summed E-state index contributed by atoms with van der Waals surface area (Å²) in [6, 6.07) is 19.3. The second kappa shape index (κ2) is 9.69. The summed E-state index contributed by atoms with van der Waals surface area (Å²) < 4.78 is 7.63. The number of aromatic nitrogens is 3. The number of nitrogens with zero attached hydrogens (tertiary/aromatic N) is 3. The first-order valence-corrected chi connectivity index (χ1v) is 11.7. The van der Waals surface area contributed by atoms with Gasteiger partial charge in [0.2, 0.25) is 0 Å².